The first kappa shape index (κ1) is 17.1. The number of carbonyl (C=O) groups is 1. The topological polar surface area (TPSA) is 52.3 Å². The van der Waals surface area contributed by atoms with Gasteiger partial charge in [0.2, 0.25) is 0 Å². The van der Waals surface area contributed by atoms with Crippen molar-refractivity contribution in [3.63, 3.8) is 0 Å². The number of thioether (sulfide) groups is 1. The standard InChI is InChI=1S/C16H25NO2S/c1-3-4-8-12-20-13-11-16(17,15(18)19-2)14-9-6-5-7-10-14/h5-7,9-10H,3-4,8,11-13,17H2,1-2H3. The summed E-state index contributed by atoms with van der Waals surface area (Å²) in [6.45, 7) is 2.20. The fourth-order valence-corrected chi connectivity index (χ4v) is 3.15. The van der Waals surface area contributed by atoms with Gasteiger partial charge in [0.05, 0.1) is 7.11 Å². The van der Waals surface area contributed by atoms with Gasteiger partial charge in [-0.2, -0.15) is 11.8 Å². The molecule has 1 rings (SSSR count). The first-order chi connectivity index (χ1) is 9.65. The second kappa shape index (κ2) is 9.03. The fraction of sp³-hybridized carbons (Fsp3) is 0.562. The van der Waals surface area contributed by atoms with Crippen LogP contribution < -0.4 is 5.73 Å². The van der Waals surface area contributed by atoms with Gasteiger partial charge in [0.15, 0.2) is 0 Å². The highest BCUT2D eigenvalue weighted by atomic mass is 32.2. The summed E-state index contributed by atoms with van der Waals surface area (Å²) >= 11 is 1.85. The van der Waals surface area contributed by atoms with E-state index in [4.69, 9.17) is 10.5 Å². The van der Waals surface area contributed by atoms with Gasteiger partial charge < -0.3 is 10.5 Å². The lowest BCUT2D eigenvalue weighted by molar-refractivity contribution is -0.147. The van der Waals surface area contributed by atoms with E-state index in [0.29, 0.717) is 6.42 Å². The molecule has 1 unspecified atom stereocenters. The summed E-state index contributed by atoms with van der Waals surface area (Å²) < 4.78 is 4.89. The second-order valence-corrected chi connectivity index (χ2v) is 6.12. The van der Waals surface area contributed by atoms with Crippen LogP contribution in [0.25, 0.3) is 0 Å². The Kier molecular flexibility index (Phi) is 7.70. The molecule has 0 fully saturated rings. The molecule has 0 aromatic heterocycles. The van der Waals surface area contributed by atoms with Crippen molar-refractivity contribution in [2.45, 2.75) is 38.1 Å². The van der Waals surface area contributed by atoms with Crippen LogP contribution in [0.4, 0.5) is 0 Å². The van der Waals surface area contributed by atoms with E-state index >= 15 is 0 Å². The summed E-state index contributed by atoms with van der Waals surface area (Å²) in [5, 5.41) is 0. The van der Waals surface area contributed by atoms with Gasteiger partial charge >= 0.3 is 5.97 Å². The van der Waals surface area contributed by atoms with Crippen LogP contribution in [0.1, 0.15) is 38.2 Å². The second-order valence-electron chi connectivity index (χ2n) is 4.90. The summed E-state index contributed by atoms with van der Waals surface area (Å²) in [4.78, 5) is 12.0. The molecule has 2 N–H and O–H groups in total. The van der Waals surface area contributed by atoms with E-state index in [1.54, 1.807) is 0 Å². The van der Waals surface area contributed by atoms with Crippen molar-refractivity contribution in [2.75, 3.05) is 18.6 Å². The molecule has 0 aliphatic carbocycles. The van der Waals surface area contributed by atoms with E-state index in [1.165, 1.54) is 26.4 Å². The smallest absolute Gasteiger partial charge is 0.330 e. The minimum Gasteiger partial charge on any atom is -0.467 e. The summed E-state index contributed by atoms with van der Waals surface area (Å²) in [5.41, 5.74) is 6.11. The third kappa shape index (κ3) is 4.84. The molecule has 4 heteroatoms. The van der Waals surface area contributed by atoms with Gasteiger partial charge in [-0.25, -0.2) is 4.79 Å². The van der Waals surface area contributed by atoms with Gasteiger partial charge in [0.1, 0.15) is 5.54 Å². The molecule has 0 saturated heterocycles. The number of esters is 1. The maximum Gasteiger partial charge on any atom is 0.330 e. The van der Waals surface area contributed by atoms with Gasteiger partial charge in [0.25, 0.3) is 0 Å². The van der Waals surface area contributed by atoms with Gasteiger partial charge in [0, 0.05) is 0 Å². The zero-order chi connectivity index (χ0) is 14.8. The monoisotopic (exact) mass is 295 g/mol. The number of benzene rings is 1. The zero-order valence-corrected chi connectivity index (χ0v) is 13.2. The normalized spacial score (nSPS) is 13.8. The quantitative estimate of drug-likeness (QED) is 0.561. The maximum absolute atomic E-state index is 12.0. The summed E-state index contributed by atoms with van der Waals surface area (Å²) in [5.74, 6) is 1.63. The van der Waals surface area contributed by atoms with Gasteiger partial charge in [-0.05, 0) is 29.9 Å². The molecule has 0 aliphatic rings. The minimum absolute atomic E-state index is 0.363. The number of hydrogen-bond donors (Lipinski definition) is 1. The SMILES string of the molecule is CCCCCSCCC(N)(C(=O)OC)c1ccccc1. The van der Waals surface area contributed by atoms with E-state index < -0.39 is 5.54 Å². The van der Waals surface area contributed by atoms with Crippen molar-refractivity contribution in [1.29, 1.82) is 0 Å². The average molecular weight is 295 g/mol. The Hall–Kier alpha value is -1.00. The van der Waals surface area contributed by atoms with E-state index in [-0.39, 0.29) is 5.97 Å². The molecule has 0 saturated carbocycles. The molecule has 0 aliphatic heterocycles. The van der Waals surface area contributed by atoms with Crippen LogP contribution in [0.3, 0.4) is 0 Å². The number of rotatable bonds is 9. The minimum atomic E-state index is -1.03. The van der Waals surface area contributed by atoms with Crippen molar-refractivity contribution in [1.82, 2.24) is 0 Å². The number of methoxy groups -OCH3 is 1. The van der Waals surface area contributed by atoms with Crippen LogP contribution >= 0.6 is 11.8 Å². The van der Waals surface area contributed by atoms with Crippen LogP contribution in [0, 0.1) is 0 Å². The predicted octanol–water partition coefficient (Wildman–Crippen LogP) is 3.33. The average Bonchev–Trinajstić information content (AvgIpc) is 2.50. The molecule has 0 bridgehead atoms. The molecule has 0 spiro atoms. The lowest BCUT2D eigenvalue weighted by Crippen LogP contribution is -2.46. The highest BCUT2D eigenvalue weighted by Gasteiger charge is 2.36. The van der Waals surface area contributed by atoms with E-state index in [1.807, 2.05) is 42.1 Å². The van der Waals surface area contributed by atoms with E-state index in [2.05, 4.69) is 6.92 Å². The molecule has 1 aromatic carbocycles. The fourth-order valence-electron chi connectivity index (χ4n) is 2.07. The number of ether oxygens (including phenoxy) is 1. The zero-order valence-electron chi connectivity index (χ0n) is 12.4. The molecular weight excluding hydrogens is 270 g/mol. The number of unbranched alkanes of at least 4 members (excludes halogenated alkanes) is 2. The number of nitrogens with two attached hydrogens (primary N) is 1. The Morgan fingerprint density at radius 3 is 2.55 bits per heavy atom. The molecule has 3 nitrogen and oxygen atoms in total. The Labute approximate surface area is 126 Å². The molecule has 0 radical (unpaired) electrons. The van der Waals surface area contributed by atoms with Gasteiger partial charge in [-0.15, -0.1) is 0 Å². The summed E-state index contributed by atoms with van der Waals surface area (Å²) in [6, 6.07) is 9.49. The third-order valence-electron chi connectivity index (χ3n) is 3.37. The van der Waals surface area contributed by atoms with Gasteiger partial charge in [-0.3, -0.25) is 0 Å². The van der Waals surface area contributed by atoms with Crippen LogP contribution in [-0.4, -0.2) is 24.6 Å². The van der Waals surface area contributed by atoms with Crippen molar-refractivity contribution in [3.05, 3.63) is 35.9 Å². The maximum atomic E-state index is 12.0. The molecule has 112 valence electrons. The molecule has 0 heterocycles. The highest BCUT2D eigenvalue weighted by Crippen LogP contribution is 2.26. The molecule has 1 atom stereocenters. The predicted molar refractivity (Wildman–Crippen MR) is 85.8 cm³/mol. The van der Waals surface area contributed by atoms with E-state index in [9.17, 15) is 4.79 Å². The summed E-state index contributed by atoms with van der Waals surface area (Å²) in [7, 11) is 1.39. The van der Waals surface area contributed by atoms with Gasteiger partial charge in [-0.1, -0.05) is 50.1 Å². The highest BCUT2D eigenvalue weighted by molar-refractivity contribution is 7.99. The van der Waals surface area contributed by atoms with Crippen LogP contribution in [0.5, 0.6) is 0 Å². The number of carbonyl (C=O) groups excluding carboxylic acids is 1. The first-order valence-corrected chi connectivity index (χ1v) is 8.31. The third-order valence-corrected chi connectivity index (χ3v) is 4.44. The van der Waals surface area contributed by atoms with Crippen LogP contribution in [0.15, 0.2) is 30.3 Å². The Morgan fingerprint density at radius 1 is 1.25 bits per heavy atom. The number of hydrogen-bond acceptors (Lipinski definition) is 4. The van der Waals surface area contributed by atoms with Crippen molar-refractivity contribution < 1.29 is 9.53 Å². The lowest BCUT2D eigenvalue weighted by atomic mass is 9.88. The van der Waals surface area contributed by atoms with Crippen LogP contribution in [0.2, 0.25) is 0 Å². The molecule has 20 heavy (non-hydrogen) atoms. The van der Waals surface area contributed by atoms with E-state index in [0.717, 1.165) is 17.1 Å². The first-order valence-electron chi connectivity index (χ1n) is 7.15. The Morgan fingerprint density at radius 2 is 1.95 bits per heavy atom. The Bertz CT molecular complexity index is 397. The lowest BCUT2D eigenvalue weighted by Gasteiger charge is -2.27. The van der Waals surface area contributed by atoms with Crippen molar-refractivity contribution in [2.24, 2.45) is 5.73 Å². The van der Waals surface area contributed by atoms with Crippen LogP contribution in [-0.2, 0) is 15.1 Å². The summed E-state index contributed by atoms with van der Waals surface area (Å²) in [6.07, 6.45) is 4.31. The van der Waals surface area contributed by atoms with Crippen molar-refractivity contribution in [3.8, 4) is 0 Å². The van der Waals surface area contributed by atoms with Crippen molar-refractivity contribution >= 4 is 17.7 Å². The largest absolute Gasteiger partial charge is 0.467 e. The molecular formula is C16H25NO2S. The molecule has 1 aromatic rings. The Balaban J connectivity index is 2.59. The molecule has 0 amide bonds.